The number of piperidine rings is 1. The van der Waals surface area contributed by atoms with Gasteiger partial charge in [-0.05, 0) is 50.5 Å². The average molecular weight is 541 g/mol. The number of pyridine rings is 1. The fourth-order valence-electron chi connectivity index (χ4n) is 4.15. The second-order valence-corrected chi connectivity index (χ2v) is 8.07. The van der Waals surface area contributed by atoms with Gasteiger partial charge in [-0.2, -0.15) is 0 Å². The molecule has 4 rings (SSSR count). The number of hydrogen-bond donors (Lipinski definition) is 2. The smallest absolute Gasteiger partial charge is 0.191 e. The van der Waals surface area contributed by atoms with E-state index in [4.69, 9.17) is 0 Å². The summed E-state index contributed by atoms with van der Waals surface area (Å²) < 4.78 is 28.1. The first kappa shape index (κ1) is 23.8. The fourth-order valence-corrected chi connectivity index (χ4v) is 4.15. The number of benzene rings is 1. The second kappa shape index (κ2) is 11.2. The molecule has 2 heterocycles. The van der Waals surface area contributed by atoms with Crippen LogP contribution in [0.2, 0.25) is 0 Å². The molecule has 168 valence electrons. The first-order chi connectivity index (χ1) is 14.6. The molecule has 0 radical (unpaired) electrons. The Hall–Kier alpha value is -1.81. The van der Waals surface area contributed by atoms with E-state index in [0.29, 0.717) is 19.0 Å². The monoisotopic (exact) mass is 541 g/mol. The minimum absolute atomic E-state index is 0. The molecule has 8 heteroatoms. The highest BCUT2D eigenvalue weighted by atomic mass is 127. The van der Waals surface area contributed by atoms with Crippen LogP contribution in [-0.4, -0.2) is 47.6 Å². The van der Waals surface area contributed by atoms with Gasteiger partial charge >= 0.3 is 0 Å². The topological polar surface area (TPSA) is 52.6 Å². The Morgan fingerprint density at radius 1 is 1.10 bits per heavy atom. The van der Waals surface area contributed by atoms with Gasteiger partial charge < -0.3 is 10.6 Å². The summed E-state index contributed by atoms with van der Waals surface area (Å²) in [6, 6.07) is 10.4. The number of likely N-dealkylation sites (tertiary alicyclic amines) is 1. The number of guanidine groups is 1. The van der Waals surface area contributed by atoms with Crippen molar-refractivity contribution in [2.45, 2.75) is 50.7 Å². The van der Waals surface area contributed by atoms with Gasteiger partial charge in [0, 0.05) is 55.9 Å². The Morgan fingerprint density at radius 3 is 2.48 bits per heavy atom. The van der Waals surface area contributed by atoms with E-state index in [-0.39, 0.29) is 41.5 Å². The predicted molar refractivity (Wildman–Crippen MR) is 130 cm³/mol. The van der Waals surface area contributed by atoms with Crippen molar-refractivity contribution in [3.05, 3.63) is 65.5 Å². The van der Waals surface area contributed by atoms with Gasteiger partial charge in [0.2, 0.25) is 0 Å². The first-order valence-electron chi connectivity index (χ1n) is 10.8. The quantitative estimate of drug-likeness (QED) is 0.329. The van der Waals surface area contributed by atoms with Crippen LogP contribution >= 0.6 is 24.0 Å². The summed E-state index contributed by atoms with van der Waals surface area (Å²) in [5, 5.41) is 6.90. The minimum Gasteiger partial charge on any atom is -0.354 e. The highest BCUT2D eigenvalue weighted by Gasteiger charge is 2.42. The van der Waals surface area contributed by atoms with E-state index in [0.717, 1.165) is 44.1 Å². The maximum Gasteiger partial charge on any atom is 0.191 e. The van der Waals surface area contributed by atoms with Crippen molar-refractivity contribution < 1.29 is 8.78 Å². The molecule has 2 atom stereocenters. The second-order valence-electron chi connectivity index (χ2n) is 8.07. The summed E-state index contributed by atoms with van der Waals surface area (Å²) in [4.78, 5) is 11.4. The van der Waals surface area contributed by atoms with E-state index in [1.807, 2.05) is 25.3 Å². The van der Waals surface area contributed by atoms with Crippen molar-refractivity contribution in [3.8, 4) is 0 Å². The van der Waals surface area contributed by atoms with Gasteiger partial charge in [0.25, 0.3) is 0 Å². The van der Waals surface area contributed by atoms with Gasteiger partial charge in [0.05, 0.1) is 5.69 Å². The lowest BCUT2D eigenvalue weighted by Crippen LogP contribution is -2.49. The van der Waals surface area contributed by atoms with Crippen LogP contribution in [0.15, 0.2) is 47.6 Å². The van der Waals surface area contributed by atoms with E-state index >= 15 is 0 Å². The van der Waals surface area contributed by atoms with Crippen molar-refractivity contribution >= 4 is 29.9 Å². The van der Waals surface area contributed by atoms with E-state index in [1.165, 1.54) is 18.2 Å². The molecule has 5 nitrogen and oxygen atoms in total. The SMILES string of the molecule is CCN=C(NC1CCN(Cc2ccccn2)CC1)NC1CC1c1c(F)cccc1F.I. The normalized spacial score (nSPS) is 22.0. The summed E-state index contributed by atoms with van der Waals surface area (Å²) in [6.45, 7) is 5.51. The van der Waals surface area contributed by atoms with Crippen molar-refractivity contribution in [1.29, 1.82) is 0 Å². The zero-order chi connectivity index (χ0) is 20.9. The zero-order valence-corrected chi connectivity index (χ0v) is 20.1. The molecule has 0 amide bonds. The zero-order valence-electron chi connectivity index (χ0n) is 17.7. The largest absolute Gasteiger partial charge is 0.354 e. The van der Waals surface area contributed by atoms with Gasteiger partial charge in [0.1, 0.15) is 11.6 Å². The summed E-state index contributed by atoms with van der Waals surface area (Å²) in [6.07, 6.45) is 4.59. The fraction of sp³-hybridized carbons (Fsp3) is 0.478. The Balaban J connectivity index is 0.00000272. The molecule has 1 aliphatic heterocycles. The highest BCUT2D eigenvalue weighted by Crippen LogP contribution is 2.43. The molecule has 1 aliphatic carbocycles. The molecule has 0 spiro atoms. The summed E-state index contributed by atoms with van der Waals surface area (Å²) in [5.74, 6) is -0.335. The summed E-state index contributed by atoms with van der Waals surface area (Å²) in [5.41, 5.74) is 1.28. The number of nitrogens with one attached hydrogen (secondary N) is 2. The first-order valence-corrected chi connectivity index (χ1v) is 10.8. The molecule has 0 bridgehead atoms. The molecule has 1 aromatic heterocycles. The minimum atomic E-state index is -0.466. The lowest BCUT2D eigenvalue weighted by atomic mass is 10.0. The van der Waals surface area contributed by atoms with Gasteiger partial charge in [0.15, 0.2) is 5.96 Å². The molecule has 31 heavy (non-hydrogen) atoms. The molecule has 2 aromatic rings. The Bertz CT molecular complexity index is 851. The third kappa shape index (κ3) is 6.35. The number of aromatic nitrogens is 1. The van der Waals surface area contributed by atoms with Crippen LogP contribution < -0.4 is 10.6 Å². The van der Waals surface area contributed by atoms with Crippen LogP contribution in [0.4, 0.5) is 8.78 Å². The van der Waals surface area contributed by atoms with Crippen molar-refractivity contribution in [2.75, 3.05) is 19.6 Å². The maximum atomic E-state index is 14.0. The molecule has 2 N–H and O–H groups in total. The molecule has 2 aliphatic rings. The van der Waals surface area contributed by atoms with Crippen molar-refractivity contribution in [3.63, 3.8) is 0 Å². The lowest BCUT2D eigenvalue weighted by molar-refractivity contribution is 0.196. The van der Waals surface area contributed by atoms with Crippen LogP contribution in [0.25, 0.3) is 0 Å². The Labute approximate surface area is 199 Å². The third-order valence-electron chi connectivity index (χ3n) is 5.84. The predicted octanol–water partition coefficient (Wildman–Crippen LogP) is 4.05. The van der Waals surface area contributed by atoms with Crippen LogP contribution in [0.3, 0.4) is 0 Å². The number of aliphatic imine (C=N–C) groups is 1. The van der Waals surface area contributed by atoms with Gasteiger partial charge in [-0.1, -0.05) is 12.1 Å². The van der Waals surface area contributed by atoms with Crippen molar-refractivity contribution in [2.24, 2.45) is 4.99 Å². The van der Waals surface area contributed by atoms with Gasteiger partial charge in [-0.25, -0.2) is 8.78 Å². The standard InChI is InChI=1S/C23H29F2N5.HI/c1-2-26-23(29-21-14-18(21)22-19(24)7-5-8-20(22)25)28-16-9-12-30(13-10-16)15-17-6-3-4-11-27-17;/h3-8,11,16,18,21H,2,9-10,12-15H2,1H3,(H2,26,28,29);1H. The Kier molecular flexibility index (Phi) is 8.59. The van der Waals surface area contributed by atoms with Crippen LogP contribution in [0.5, 0.6) is 0 Å². The van der Waals surface area contributed by atoms with E-state index < -0.39 is 11.6 Å². The van der Waals surface area contributed by atoms with Gasteiger partial charge in [-0.15, -0.1) is 24.0 Å². The van der Waals surface area contributed by atoms with E-state index in [9.17, 15) is 8.78 Å². The van der Waals surface area contributed by atoms with Crippen LogP contribution in [-0.2, 0) is 6.54 Å². The molecular formula is C23H30F2IN5. The molecular weight excluding hydrogens is 511 g/mol. The molecule has 2 fully saturated rings. The highest BCUT2D eigenvalue weighted by molar-refractivity contribution is 14.0. The molecule has 1 aromatic carbocycles. The molecule has 1 saturated carbocycles. The number of halogens is 3. The summed E-state index contributed by atoms with van der Waals surface area (Å²) >= 11 is 0. The summed E-state index contributed by atoms with van der Waals surface area (Å²) in [7, 11) is 0. The maximum absolute atomic E-state index is 14.0. The van der Waals surface area contributed by atoms with Gasteiger partial charge in [-0.3, -0.25) is 14.9 Å². The molecule has 1 saturated heterocycles. The lowest BCUT2D eigenvalue weighted by Gasteiger charge is -2.33. The number of rotatable bonds is 6. The third-order valence-corrected chi connectivity index (χ3v) is 5.84. The van der Waals surface area contributed by atoms with Crippen molar-refractivity contribution in [1.82, 2.24) is 20.5 Å². The van der Waals surface area contributed by atoms with E-state index in [2.05, 4.69) is 31.6 Å². The average Bonchev–Trinajstić information content (AvgIpc) is 3.49. The van der Waals surface area contributed by atoms with Crippen LogP contribution in [0.1, 0.15) is 43.4 Å². The molecule has 2 unspecified atom stereocenters. The van der Waals surface area contributed by atoms with Crippen LogP contribution in [0, 0.1) is 11.6 Å². The number of nitrogens with zero attached hydrogens (tertiary/aromatic N) is 3. The Morgan fingerprint density at radius 2 is 1.84 bits per heavy atom. The van der Waals surface area contributed by atoms with E-state index in [1.54, 1.807) is 0 Å². The number of hydrogen-bond acceptors (Lipinski definition) is 3.